The zero-order chi connectivity index (χ0) is 17.9. The lowest BCUT2D eigenvalue weighted by Gasteiger charge is -2.19. The summed E-state index contributed by atoms with van der Waals surface area (Å²) in [4.78, 5) is 13.2. The molecule has 25 heavy (non-hydrogen) atoms. The number of hydrogen-bond acceptors (Lipinski definition) is 3. The number of urea groups is 1. The Labute approximate surface area is 150 Å². The highest BCUT2D eigenvalue weighted by Crippen LogP contribution is 2.34. The van der Waals surface area contributed by atoms with Crippen LogP contribution >= 0.6 is 22.7 Å². The summed E-state index contributed by atoms with van der Waals surface area (Å²) < 4.78 is 39.1. The van der Waals surface area contributed by atoms with Gasteiger partial charge in [-0.05, 0) is 46.0 Å². The minimum Gasteiger partial charge on any atom is -0.326 e. The summed E-state index contributed by atoms with van der Waals surface area (Å²) in [7, 11) is 0. The molecule has 0 radical (unpaired) electrons. The average Bonchev–Trinajstić information content (AvgIpc) is 3.26. The summed E-state index contributed by atoms with van der Waals surface area (Å²) >= 11 is 2.95. The number of halogens is 3. The van der Waals surface area contributed by atoms with Gasteiger partial charge in [0.15, 0.2) is 0 Å². The van der Waals surface area contributed by atoms with E-state index in [1.807, 2.05) is 34.3 Å². The Morgan fingerprint density at radius 1 is 1.04 bits per heavy atom. The van der Waals surface area contributed by atoms with Crippen molar-refractivity contribution in [1.82, 2.24) is 5.32 Å². The van der Waals surface area contributed by atoms with E-state index in [2.05, 4.69) is 10.6 Å². The van der Waals surface area contributed by atoms with Gasteiger partial charge in [-0.3, -0.25) is 0 Å². The molecule has 0 aliphatic heterocycles. The molecule has 0 unspecified atom stereocenters. The van der Waals surface area contributed by atoms with Gasteiger partial charge < -0.3 is 10.6 Å². The van der Waals surface area contributed by atoms with Crippen molar-refractivity contribution in [2.24, 2.45) is 0 Å². The van der Waals surface area contributed by atoms with Crippen LogP contribution in [0.25, 0.3) is 0 Å². The van der Waals surface area contributed by atoms with E-state index in [9.17, 15) is 18.0 Å². The maximum Gasteiger partial charge on any atom is 0.418 e. The molecule has 3 rings (SSSR count). The maximum atomic E-state index is 13.0. The van der Waals surface area contributed by atoms with Gasteiger partial charge in [-0.15, -0.1) is 11.3 Å². The molecule has 2 amide bonds. The van der Waals surface area contributed by atoms with E-state index < -0.39 is 23.8 Å². The summed E-state index contributed by atoms with van der Waals surface area (Å²) in [6, 6.07) is 9.39. The number of benzene rings is 1. The third-order valence-corrected chi connectivity index (χ3v) is 5.10. The van der Waals surface area contributed by atoms with Crippen LogP contribution in [0.4, 0.5) is 23.7 Å². The van der Waals surface area contributed by atoms with Crippen LogP contribution in [0.3, 0.4) is 0 Å². The Morgan fingerprint density at radius 3 is 2.48 bits per heavy atom. The predicted octanol–water partition coefficient (Wildman–Crippen LogP) is 5.74. The smallest absolute Gasteiger partial charge is 0.326 e. The number of nitrogens with one attached hydrogen (secondary N) is 2. The lowest BCUT2D eigenvalue weighted by Crippen LogP contribution is -2.33. The molecule has 3 nitrogen and oxygen atoms in total. The SMILES string of the molecule is O=C(Nc1ccccc1C(F)(F)F)N[C@@H](c1ccsc1)c1cccs1. The van der Waals surface area contributed by atoms with Crippen molar-refractivity contribution < 1.29 is 18.0 Å². The van der Waals surface area contributed by atoms with E-state index >= 15 is 0 Å². The topological polar surface area (TPSA) is 41.1 Å². The van der Waals surface area contributed by atoms with Gasteiger partial charge in [0, 0.05) is 4.88 Å². The highest BCUT2D eigenvalue weighted by atomic mass is 32.1. The quantitative estimate of drug-likeness (QED) is 0.594. The number of carbonyl (C=O) groups excluding carboxylic acids is 1. The van der Waals surface area contributed by atoms with Crippen LogP contribution < -0.4 is 10.6 Å². The van der Waals surface area contributed by atoms with Crippen molar-refractivity contribution in [2.75, 3.05) is 5.32 Å². The molecular weight excluding hydrogens is 369 g/mol. The minimum absolute atomic E-state index is 0.275. The highest BCUT2D eigenvalue weighted by molar-refractivity contribution is 7.10. The Balaban J connectivity index is 1.80. The Morgan fingerprint density at radius 2 is 1.84 bits per heavy atom. The van der Waals surface area contributed by atoms with E-state index in [-0.39, 0.29) is 5.69 Å². The molecule has 0 bridgehead atoms. The number of hydrogen-bond donors (Lipinski definition) is 2. The summed E-state index contributed by atoms with van der Waals surface area (Å²) in [5, 5.41) is 10.7. The predicted molar refractivity (Wildman–Crippen MR) is 94.1 cm³/mol. The van der Waals surface area contributed by atoms with Crippen LogP contribution in [0, 0.1) is 0 Å². The van der Waals surface area contributed by atoms with Crippen LogP contribution in [0.5, 0.6) is 0 Å². The second-order valence-electron chi connectivity index (χ2n) is 5.15. The van der Waals surface area contributed by atoms with Gasteiger partial charge in [-0.2, -0.15) is 24.5 Å². The molecule has 2 N–H and O–H groups in total. The van der Waals surface area contributed by atoms with Crippen molar-refractivity contribution in [3.8, 4) is 0 Å². The molecule has 1 atom stereocenters. The Kier molecular flexibility index (Phi) is 5.10. The van der Waals surface area contributed by atoms with Gasteiger partial charge in [0.25, 0.3) is 0 Å². The van der Waals surface area contributed by atoms with Gasteiger partial charge in [0.2, 0.25) is 0 Å². The molecular formula is C17H13F3N2OS2. The van der Waals surface area contributed by atoms with Gasteiger partial charge in [-0.1, -0.05) is 18.2 Å². The summed E-state index contributed by atoms with van der Waals surface area (Å²) in [6.45, 7) is 0. The molecule has 3 aromatic rings. The van der Waals surface area contributed by atoms with Crippen molar-refractivity contribution >= 4 is 34.4 Å². The molecule has 8 heteroatoms. The van der Waals surface area contributed by atoms with Gasteiger partial charge in [-0.25, -0.2) is 4.79 Å². The Hall–Kier alpha value is -2.32. The first-order chi connectivity index (χ1) is 11.9. The summed E-state index contributed by atoms with van der Waals surface area (Å²) in [5.41, 5.74) is -0.275. The first-order valence-electron chi connectivity index (χ1n) is 7.24. The second-order valence-corrected chi connectivity index (χ2v) is 6.91. The zero-order valence-electron chi connectivity index (χ0n) is 12.7. The molecule has 0 saturated heterocycles. The molecule has 2 heterocycles. The minimum atomic E-state index is -4.54. The van der Waals surface area contributed by atoms with E-state index in [4.69, 9.17) is 0 Å². The van der Waals surface area contributed by atoms with E-state index in [1.54, 1.807) is 0 Å². The summed E-state index contributed by atoms with van der Waals surface area (Å²) in [5.74, 6) is 0. The molecule has 0 saturated carbocycles. The standard InChI is InChI=1S/C17H13F3N2OS2/c18-17(19,20)12-4-1-2-5-13(12)21-16(23)22-15(11-7-9-24-10-11)14-6-3-8-25-14/h1-10,15H,(H2,21,22,23)/t15-/m0/s1. The van der Waals surface area contributed by atoms with Crippen molar-refractivity contribution in [3.63, 3.8) is 0 Å². The highest BCUT2D eigenvalue weighted by Gasteiger charge is 2.33. The fraction of sp³-hybridized carbons (Fsp3) is 0.118. The number of anilines is 1. The number of carbonyl (C=O) groups is 1. The number of para-hydroxylation sites is 1. The number of alkyl halides is 3. The van der Waals surface area contributed by atoms with Gasteiger partial charge in [0.05, 0.1) is 17.3 Å². The average molecular weight is 382 g/mol. The fourth-order valence-electron chi connectivity index (χ4n) is 2.34. The van der Waals surface area contributed by atoms with Crippen LogP contribution in [0.1, 0.15) is 22.0 Å². The molecule has 0 aliphatic carbocycles. The van der Waals surface area contributed by atoms with Crippen molar-refractivity contribution in [1.29, 1.82) is 0 Å². The number of amides is 2. The third kappa shape index (κ3) is 4.21. The number of rotatable bonds is 4. The van der Waals surface area contributed by atoms with Crippen LogP contribution in [0.15, 0.2) is 58.6 Å². The number of thiophene rings is 2. The van der Waals surface area contributed by atoms with E-state index in [0.29, 0.717) is 0 Å². The molecule has 2 aromatic heterocycles. The fourth-order valence-corrected chi connectivity index (χ4v) is 3.83. The summed E-state index contributed by atoms with van der Waals surface area (Å²) in [6.07, 6.45) is -4.54. The lowest BCUT2D eigenvalue weighted by atomic mass is 10.1. The van der Waals surface area contributed by atoms with E-state index in [1.165, 1.54) is 40.9 Å². The van der Waals surface area contributed by atoms with Gasteiger partial charge >= 0.3 is 12.2 Å². The van der Waals surface area contributed by atoms with Crippen LogP contribution in [-0.4, -0.2) is 6.03 Å². The largest absolute Gasteiger partial charge is 0.418 e. The van der Waals surface area contributed by atoms with Crippen LogP contribution in [-0.2, 0) is 6.18 Å². The van der Waals surface area contributed by atoms with Crippen LogP contribution in [0.2, 0.25) is 0 Å². The van der Waals surface area contributed by atoms with Crippen molar-refractivity contribution in [3.05, 3.63) is 74.6 Å². The Bertz CT molecular complexity index is 796. The molecule has 1 aromatic carbocycles. The maximum absolute atomic E-state index is 13.0. The first-order valence-corrected chi connectivity index (χ1v) is 9.06. The molecule has 0 spiro atoms. The normalized spacial score (nSPS) is 12.6. The first kappa shape index (κ1) is 17.5. The zero-order valence-corrected chi connectivity index (χ0v) is 14.3. The lowest BCUT2D eigenvalue weighted by molar-refractivity contribution is -0.136. The monoisotopic (exact) mass is 382 g/mol. The second kappa shape index (κ2) is 7.28. The molecule has 0 fully saturated rings. The van der Waals surface area contributed by atoms with Gasteiger partial charge in [0.1, 0.15) is 0 Å². The molecule has 0 aliphatic rings. The third-order valence-electron chi connectivity index (χ3n) is 3.46. The van der Waals surface area contributed by atoms with E-state index in [0.717, 1.165) is 16.5 Å². The molecule has 130 valence electrons. The van der Waals surface area contributed by atoms with Crippen molar-refractivity contribution in [2.45, 2.75) is 12.2 Å².